The Kier molecular flexibility index (Phi) is 6.71. The minimum Gasteiger partial charge on any atom is -0.387 e. The Balaban J connectivity index is 1.68. The molecule has 2 N–H and O–H groups in total. The van der Waals surface area contributed by atoms with Crippen LogP contribution in [0.3, 0.4) is 0 Å². The van der Waals surface area contributed by atoms with Crippen LogP contribution in [-0.4, -0.2) is 28.3 Å². The molecule has 0 aliphatic heterocycles. The zero-order valence-corrected chi connectivity index (χ0v) is 13.5. The lowest BCUT2D eigenvalue weighted by Crippen LogP contribution is -2.29. The second-order valence-electron chi connectivity index (χ2n) is 4.72. The normalized spacial score (nSPS) is 11.9. The zero-order chi connectivity index (χ0) is 15.8. The van der Waals surface area contributed by atoms with E-state index in [-0.39, 0.29) is 12.5 Å². The van der Waals surface area contributed by atoms with Gasteiger partial charge in [-0.2, -0.15) is 0 Å². The fourth-order valence-electron chi connectivity index (χ4n) is 1.80. The van der Waals surface area contributed by atoms with Gasteiger partial charge in [0.15, 0.2) is 0 Å². The third-order valence-electron chi connectivity index (χ3n) is 3.00. The van der Waals surface area contributed by atoms with Crippen LogP contribution in [0.25, 0.3) is 0 Å². The Morgan fingerprint density at radius 1 is 1.23 bits per heavy atom. The summed E-state index contributed by atoms with van der Waals surface area (Å²) in [5.74, 6) is 1.03. The third kappa shape index (κ3) is 5.67. The van der Waals surface area contributed by atoms with Crippen LogP contribution in [0.4, 0.5) is 0 Å². The van der Waals surface area contributed by atoms with Gasteiger partial charge in [-0.25, -0.2) is 0 Å². The van der Waals surface area contributed by atoms with Crippen LogP contribution < -0.4 is 5.32 Å². The molecule has 1 aromatic heterocycles. The lowest BCUT2D eigenvalue weighted by atomic mass is 10.1. The Bertz CT molecular complexity index is 593. The first-order valence-electron chi connectivity index (χ1n) is 6.82. The summed E-state index contributed by atoms with van der Waals surface area (Å²) >= 11 is 7.32. The lowest BCUT2D eigenvalue weighted by molar-refractivity contribution is -0.119. The molecular weight excluding hydrogens is 320 g/mol. The van der Waals surface area contributed by atoms with E-state index < -0.39 is 6.10 Å². The van der Waals surface area contributed by atoms with Crippen LogP contribution in [0.2, 0.25) is 5.02 Å². The van der Waals surface area contributed by atoms with Crippen molar-refractivity contribution >= 4 is 29.3 Å². The first-order valence-corrected chi connectivity index (χ1v) is 8.35. The molecule has 1 aromatic carbocycles. The lowest BCUT2D eigenvalue weighted by Gasteiger charge is -2.12. The van der Waals surface area contributed by atoms with Gasteiger partial charge in [-0.15, -0.1) is 11.8 Å². The summed E-state index contributed by atoms with van der Waals surface area (Å²) in [4.78, 5) is 15.7. The highest BCUT2D eigenvalue weighted by atomic mass is 35.5. The van der Waals surface area contributed by atoms with E-state index in [0.29, 0.717) is 10.8 Å². The molecule has 0 fully saturated rings. The molecule has 0 radical (unpaired) electrons. The molecule has 4 nitrogen and oxygen atoms in total. The standard InChI is InChI=1S/C16H17ClN2O2S/c17-14-3-1-13(2-4-14)15(20)9-19-16(21)11-22-10-12-5-7-18-8-6-12/h1-8,15,20H,9-11H2,(H,19,21). The number of thioether (sulfide) groups is 1. The second kappa shape index (κ2) is 8.78. The summed E-state index contributed by atoms with van der Waals surface area (Å²) in [5.41, 5.74) is 1.86. The molecule has 1 amide bonds. The van der Waals surface area contributed by atoms with E-state index in [1.165, 1.54) is 11.8 Å². The highest BCUT2D eigenvalue weighted by molar-refractivity contribution is 7.99. The fraction of sp³-hybridized carbons (Fsp3) is 0.250. The summed E-state index contributed by atoms with van der Waals surface area (Å²) in [6.07, 6.45) is 2.74. The first-order chi connectivity index (χ1) is 10.6. The molecule has 6 heteroatoms. The van der Waals surface area contributed by atoms with Gasteiger partial charge in [-0.05, 0) is 35.4 Å². The molecule has 0 spiro atoms. The maximum atomic E-state index is 11.7. The maximum Gasteiger partial charge on any atom is 0.230 e. The number of benzene rings is 1. The van der Waals surface area contributed by atoms with Gasteiger partial charge in [-0.3, -0.25) is 9.78 Å². The number of carbonyl (C=O) groups is 1. The van der Waals surface area contributed by atoms with Crippen LogP contribution in [0.1, 0.15) is 17.2 Å². The number of aromatic nitrogens is 1. The van der Waals surface area contributed by atoms with Crippen molar-refractivity contribution in [3.05, 3.63) is 64.9 Å². The molecule has 1 heterocycles. The number of amides is 1. The van der Waals surface area contributed by atoms with Crippen molar-refractivity contribution in [2.45, 2.75) is 11.9 Å². The number of nitrogens with zero attached hydrogens (tertiary/aromatic N) is 1. The molecule has 2 rings (SSSR count). The van der Waals surface area contributed by atoms with E-state index in [1.807, 2.05) is 12.1 Å². The largest absolute Gasteiger partial charge is 0.387 e. The van der Waals surface area contributed by atoms with Gasteiger partial charge in [0.1, 0.15) is 0 Å². The summed E-state index contributed by atoms with van der Waals surface area (Å²) in [5, 5.41) is 13.3. The minimum absolute atomic E-state index is 0.0907. The van der Waals surface area contributed by atoms with E-state index in [2.05, 4.69) is 10.3 Å². The van der Waals surface area contributed by atoms with Crippen LogP contribution in [0.15, 0.2) is 48.8 Å². The number of halogens is 1. The zero-order valence-electron chi connectivity index (χ0n) is 11.9. The Morgan fingerprint density at radius 2 is 1.91 bits per heavy atom. The molecule has 116 valence electrons. The van der Waals surface area contributed by atoms with E-state index in [0.717, 1.165) is 16.9 Å². The van der Waals surface area contributed by atoms with Crippen molar-refractivity contribution < 1.29 is 9.90 Å². The quantitative estimate of drug-likeness (QED) is 0.816. The van der Waals surface area contributed by atoms with Crippen LogP contribution in [0.5, 0.6) is 0 Å². The average Bonchev–Trinajstić information content (AvgIpc) is 2.54. The molecular formula is C16H17ClN2O2S. The number of hydrogen-bond acceptors (Lipinski definition) is 4. The van der Waals surface area contributed by atoms with Crippen molar-refractivity contribution in [2.24, 2.45) is 0 Å². The number of nitrogens with one attached hydrogen (secondary N) is 1. The van der Waals surface area contributed by atoms with E-state index in [9.17, 15) is 9.90 Å². The number of hydrogen-bond donors (Lipinski definition) is 2. The van der Waals surface area contributed by atoms with Crippen molar-refractivity contribution in [1.29, 1.82) is 0 Å². The van der Waals surface area contributed by atoms with Gasteiger partial charge in [0, 0.05) is 29.7 Å². The number of aliphatic hydroxyl groups excluding tert-OH is 1. The minimum atomic E-state index is -0.730. The van der Waals surface area contributed by atoms with Gasteiger partial charge in [0.2, 0.25) is 5.91 Å². The van der Waals surface area contributed by atoms with Crippen LogP contribution in [0, 0.1) is 0 Å². The number of carbonyl (C=O) groups excluding carboxylic acids is 1. The third-order valence-corrected chi connectivity index (χ3v) is 4.25. The van der Waals surface area contributed by atoms with Crippen molar-refractivity contribution in [1.82, 2.24) is 10.3 Å². The van der Waals surface area contributed by atoms with Gasteiger partial charge >= 0.3 is 0 Å². The fourth-order valence-corrected chi connectivity index (χ4v) is 2.75. The van der Waals surface area contributed by atoms with Crippen LogP contribution in [-0.2, 0) is 10.5 Å². The maximum absolute atomic E-state index is 11.7. The topological polar surface area (TPSA) is 62.2 Å². The molecule has 0 aliphatic carbocycles. The predicted octanol–water partition coefficient (Wildman–Crippen LogP) is 2.82. The average molecular weight is 337 g/mol. The second-order valence-corrected chi connectivity index (χ2v) is 6.14. The van der Waals surface area contributed by atoms with E-state index in [4.69, 9.17) is 11.6 Å². The summed E-state index contributed by atoms with van der Waals surface area (Å²) < 4.78 is 0. The molecule has 0 saturated heterocycles. The predicted molar refractivity (Wildman–Crippen MR) is 89.8 cm³/mol. The first kappa shape index (κ1) is 16.8. The Labute approximate surface area is 138 Å². The van der Waals surface area contributed by atoms with Gasteiger partial charge in [0.25, 0.3) is 0 Å². The number of pyridine rings is 1. The summed E-state index contributed by atoms with van der Waals surface area (Å²) in [6, 6.07) is 10.8. The molecule has 1 atom stereocenters. The van der Waals surface area contributed by atoms with E-state index >= 15 is 0 Å². The Hall–Kier alpha value is -1.56. The summed E-state index contributed by atoms with van der Waals surface area (Å²) in [7, 11) is 0. The summed E-state index contributed by atoms with van der Waals surface area (Å²) in [6.45, 7) is 0.191. The monoisotopic (exact) mass is 336 g/mol. The molecule has 0 aliphatic rings. The van der Waals surface area contributed by atoms with Gasteiger partial charge in [-0.1, -0.05) is 23.7 Å². The Morgan fingerprint density at radius 3 is 2.59 bits per heavy atom. The van der Waals surface area contributed by atoms with E-state index in [1.54, 1.807) is 36.7 Å². The SMILES string of the molecule is O=C(CSCc1ccncc1)NCC(O)c1ccc(Cl)cc1. The molecule has 2 aromatic rings. The van der Waals surface area contributed by atoms with Crippen molar-refractivity contribution in [2.75, 3.05) is 12.3 Å². The molecule has 0 saturated carbocycles. The number of rotatable bonds is 7. The highest BCUT2D eigenvalue weighted by Gasteiger charge is 2.09. The van der Waals surface area contributed by atoms with Crippen molar-refractivity contribution in [3.63, 3.8) is 0 Å². The highest BCUT2D eigenvalue weighted by Crippen LogP contribution is 2.16. The molecule has 0 bridgehead atoms. The molecule has 22 heavy (non-hydrogen) atoms. The number of aliphatic hydroxyl groups is 1. The smallest absolute Gasteiger partial charge is 0.230 e. The molecule has 1 unspecified atom stereocenters. The van der Waals surface area contributed by atoms with Crippen molar-refractivity contribution in [3.8, 4) is 0 Å². The van der Waals surface area contributed by atoms with Gasteiger partial charge in [0.05, 0.1) is 11.9 Å². The van der Waals surface area contributed by atoms with Crippen LogP contribution >= 0.6 is 23.4 Å². The van der Waals surface area contributed by atoms with Gasteiger partial charge < -0.3 is 10.4 Å².